The van der Waals surface area contributed by atoms with E-state index in [0.29, 0.717) is 18.6 Å². The summed E-state index contributed by atoms with van der Waals surface area (Å²) in [4.78, 5) is 2.31. The highest BCUT2D eigenvalue weighted by molar-refractivity contribution is 4.82. The van der Waals surface area contributed by atoms with Crippen LogP contribution in [-0.4, -0.2) is 55.0 Å². The number of aliphatic hydroxyl groups is 1. The average molecular weight is 214 g/mol. The molecule has 0 aromatic heterocycles. The Hall–Kier alpha value is -0.160. The minimum Gasteiger partial charge on any atom is -0.391 e. The molecule has 3 N–H and O–H groups in total. The number of nitrogens with zero attached hydrogens (tertiary/aromatic N) is 1. The van der Waals surface area contributed by atoms with Crippen LogP contribution in [0.1, 0.15) is 19.3 Å². The Morgan fingerprint density at radius 1 is 1.40 bits per heavy atom. The number of nitrogens with two attached hydrogens (primary N) is 1. The fraction of sp³-hybridized carbons (Fsp3) is 1.00. The molecule has 0 bridgehead atoms. The Morgan fingerprint density at radius 3 is 2.87 bits per heavy atom. The Bertz CT molecular complexity index is 195. The molecule has 4 nitrogen and oxygen atoms in total. The van der Waals surface area contributed by atoms with Crippen LogP contribution in [0.25, 0.3) is 0 Å². The summed E-state index contributed by atoms with van der Waals surface area (Å²) in [5.74, 6) is 0.297. The van der Waals surface area contributed by atoms with E-state index in [0.717, 1.165) is 32.7 Å². The molecule has 15 heavy (non-hydrogen) atoms. The zero-order chi connectivity index (χ0) is 10.7. The first-order valence-corrected chi connectivity index (χ1v) is 6.01. The summed E-state index contributed by atoms with van der Waals surface area (Å²) in [6.45, 7) is 4.32. The van der Waals surface area contributed by atoms with Crippen LogP contribution in [0, 0.1) is 5.92 Å². The van der Waals surface area contributed by atoms with Gasteiger partial charge in [0.2, 0.25) is 0 Å². The molecule has 0 aliphatic carbocycles. The van der Waals surface area contributed by atoms with E-state index in [9.17, 15) is 5.11 Å². The van der Waals surface area contributed by atoms with E-state index in [4.69, 9.17) is 10.5 Å². The van der Waals surface area contributed by atoms with Crippen molar-refractivity contribution in [3.8, 4) is 0 Å². The minimum atomic E-state index is -0.245. The lowest BCUT2D eigenvalue weighted by Crippen LogP contribution is -2.48. The minimum absolute atomic E-state index is 0.245. The molecule has 2 aliphatic heterocycles. The first-order chi connectivity index (χ1) is 7.29. The fourth-order valence-electron chi connectivity index (χ4n) is 2.56. The van der Waals surface area contributed by atoms with Crippen LogP contribution in [0.2, 0.25) is 0 Å². The molecule has 2 saturated heterocycles. The number of likely N-dealkylation sites (tertiary alicyclic amines) is 1. The van der Waals surface area contributed by atoms with Gasteiger partial charge in [0.15, 0.2) is 0 Å². The van der Waals surface area contributed by atoms with Crippen molar-refractivity contribution in [2.24, 2.45) is 11.7 Å². The topological polar surface area (TPSA) is 58.7 Å². The van der Waals surface area contributed by atoms with Gasteiger partial charge in [-0.2, -0.15) is 0 Å². The van der Waals surface area contributed by atoms with Crippen molar-refractivity contribution in [2.75, 3.05) is 32.8 Å². The van der Waals surface area contributed by atoms with Gasteiger partial charge in [0.1, 0.15) is 0 Å². The Balaban J connectivity index is 1.75. The normalized spacial score (nSPS) is 38.4. The monoisotopic (exact) mass is 214 g/mol. The van der Waals surface area contributed by atoms with Crippen molar-refractivity contribution < 1.29 is 9.84 Å². The molecule has 2 heterocycles. The van der Waals surface area contributed by atoms with Crippen molar-refractivity contribution >= 4 is 0 Å². The second-order valence-electron chi connectivity index (χ2n) is 4.75. The molecule has 1 unspecified atom stereocenters. The third-order valence-electron chi connectivity index (χ3n) is 3.59. The molecule has 2 fully saturated rings. The lowest BCUT2D eigenvalue weighted by Gasteiger charge is -2.36. The van der Waals surface area contributed by atoms with Gasteiger partial charge in [-0.1, -0.05) is 0 Å². The predicted molar refractivity (Wildman–Crippen MR) is 58.6 cm³/mol. The molecule has 0 saturated carbocycles. The molecule has 0 amide bonds. The summed E-state index contributed by atoms with van der Waals surface area (Å²) >= 11 is 0. The zero-order valence-corrected chi connectivity index (χ0v) is 9.27. The molecule has 4 heteroatoms. The maximum atomic E-state index is 9.85. The largest absolute Gasteiger partial charge is 0.391 e. The van der Waals surface area contributed by atoms with Crippen LogP contribution in [-0.2, 0) is 4.74 Å². The molecular weight excluding hydrogens is 192 g/mol. The molecule has 2 aliphatic rings. The highest BCUT2D eigenvalue weighted by Gasteiger charge is 2.28. The first-order valence-electron chi connectivity index (χ1n) is 6.01. The zero-order valence-electron chi connectivity index (χ0n) is 9.27. The van der Waals surface area contributed by atoms with Crippen molar-refractivity contribution in [1.82, 2.24) is 4.90 Å². The van der Waals surface area contributed by atoms with Gasteiger partial charge >= 0.3 is 0 Å². The van der Waals surface area contributed by atoms with Crippen LogP contribution in [0.3, 0.4) is 0 Å². The third-order valence-corrected chi connectivity index (χ3v) is 3.59. The lowest BCUT2D eigenvalue weighted by atomic mass is 9.94. The van der Waals surface area contributed by atoms with Crippen molar-refractivity contribution in [3.05, 3.63) is 0 Å². The smallest absolute Gasteiger partial charge is 0.0707 e. The summed E-state index contributed by atoms with van der Waals surface area (Å²) in [6, 6.07) is 0. The predicted octanol–water partition coefficient (Wildman–Crippen LogP) is -0.193. The van der Waals surface area contributed by atoms with E-state index < -0.39 is 0 Å². The van der Waals surface area contributed by atoms with E-state index >= 15 is 0 Å². The van der Waals surface area contributed by atoms with Gasteiger partial charge in [-0.25, -0.2) is 0 Å². The van der Waals surface area contributed by atoms with E-state index in [2.05, 4.69) is 4.90 Å². The molecule has 88 valence electrons. The van der Waals surface area contributed by atoms with Crippen LogP contribution >= 0.6 is 0 Å². The van der Waals surface area contributed by atoms with Gasteiger partial charge in [-0.05, 0) is 38.3 Å². The van der Waals surface area contributed by atoms with Gasteiger partial charge < -0.3 is 15.6 Å². The van der Waals surface area contributed by atoms with Gasteiger partial charge in [0.25, 0.3) is 0 Å². The SMILES string of the molecule is NC[C@@H]1CCN(CC2CCCO2)C[C@H]1O. The highest BCUT2D eigenvalue weighted by atomic mass is 16.5. The Labute approximate surface area is 91.4 Å². The fourth-order valence-corrected chi connectivity index (χ4v) is 2.56. The second kappa shape index (κ2) is 5.25. The van der Waals surface area contributed by atoms with E-state index in [1.54, 1.807) is 0 Å². The maximum Gasteiger partial charge on any atom is 0.0707 e. The molecule has 0 spiro atoms. The average Bonchev–Trinajstić information content (AvgIpc) is 2.71. The van der Waals surface area contributed by atoms with Gasteiger partial charge in [0, 0.05) is 19.7 Å². The maximum absolute atomic E-state index is 9.85. The van der Waals surface area contributed by atoms with Gasteiger partial charge in [0.05, 0.1) is 12.2 Å². The van der Waals surface area contributed by atoms with Gasteiger partial charge in [-0.15, -0.1) is 0 Å². The Kier molecular flexibility index (Phi) is 3.97. The number of piperidine rings is 1. The van der Waals surface area contributed by atoms with Crippen molar-refractivity contribution in [2.45, 2.75) is 31.5 Å². The number of β-amino-alcohol motifs (C(OH)–C–C–N with tert-alkyl or cyclic N) is 1. The lowest BCUT2D eigenvalue weighted by molar-refractivity contribution is -0.0000138. The summed E-state index contributed by atoms with van der Waals surface area (Å²) < 4.78 is 5.60. The Morgan fingerprint density at radius 2 is 2.27 bits per heavy atom. The van der Waals surface area contributed by atoms with Gasteiger partial charge in [-0.3, -0.25) is 4.90 Å². The summed E-state index contributed by atoms with van der Waals surface area (Å²) in [7, 11) is 0. The number of hydrogen-bond acceptors (Lipinski definition) is 4. The molecule has 0 radical (unpaired) electrons. The van der Waals surface area contributed by atoms with Crippen molar-refractivity contribution in [1.29, 1.82) is 0 Å². The molecular formula is C11H22N2O2. The van der Waals surface area contributed by atoms with Crippen LogP contribution < -0.4 is 5.73 Å². The first kappa shape index (κ1) is 11.3. The van der Waals surface area contributed by atoms with E-state index in [1.165, 1.54) is 12.8 Å². The van der Waals surface area contributed by atoms with Crippen LogP contribution in [0.5, 0.6) is 0 Å². The summed E-state index contributed by atoms with van der Waals surface area (Å²) in [5.41, 5.74) is 5.60. The van der Waals surface area contributed by atoms with Crippen molar-refractivity contribution in [3.63, 3.8) is 0 Å². The summed E-state index contributed by atoms with van der Waals surface area (Å²) in [6.07, 6.45) is 3.53. The van der Waals surface area contributed by atoms with E-state index in [-0.39, 0.29) is 6.10 Å². The number of ether oxygens (including phenoxy) is 1. The molecule has 0 aromatic rings. The molecule has 0 aromatic carbocycles. The second-order valence-corrected chi connectivity index (χ2v) is 4.75. The van der Waals surface area contributed by atoms with Crippen LogP contribution in [0.4, 0.5) is 0 Å². The quantitative estimate of drug-likeness (QED) is 0.683. The number of aliphatic hydroxyl groups excluding tert-OH is 1. The molecule has 2 rings (SSSR count). The molecule has 3 atom stereocenters. The summed E-state index contributed by atoms with van der Waals surface area (Å²) in [5, 5.41) is 9.85. The third kappa shape index (κ3) is 2.91. The van der Waals surface area contributed by atoms with Crippen LogP contribution in [0.15, 0.2) is 0 Å². The van der Waals surface area contributed by atoms with E-state index in [1.807, 2.05) is 0 Å². The highest BCUT2D eigenvalue weighted by Crippen LogP contribution is 2.19. The number of hydrogen-bond donors (Lipinski definition) is 2. The number of rotatable bonds is 3. The standard InChI is InChI=1S/C11H22N2O2/c12-6-9-3-4-13(8-11(9)14)7-10-2-1-5-15-10/h9-11,14H,1-8,12H2/t9-,10?,11+/m0/s1.